The molecule has 0 aliphatic heterocycles. The predicted octanol–water partition coefficient (Wildman–Crippen LogP) is 0.149. The van der Waals surface area contributed by atoms with E-state index in [4.69, 9.17) is 0 Å². The summed E-state index contributed by atoms with van der Waals surface area (Å²) in [5, 5.41) is 9.54. The van der Waals surface area contributed by atoms with Crippen molar-refractivity contribution in [3.8, 4) is 0 Å². The molecule has 0 saturated heterocycles. The minimum atomic E-state index is -1.33. The van der Waals surface area contributed by atoms with Crippen molar-refractivity contribution in [2.45, 2.75) is 26.0 Å². The van der Waals surface area contributed by atoms with Crippen LogP contribution in [0.3, 0.4) is 0 Å². The minimum absolute atomic E-state index is 0.314. The van der Waals surface area contributed by atoms with Crippen LogP contribution in [0.5, 0.6) is 0 Å². The number of hydrogen-bond acceptors (Lipinski definition) is 3. The van der Waals surface area contributed by atoms with Crippen molar-refractivity contribution in [1.29, 1.82) is 0 Å². The quantitative estimate of drug-likeness (QED) is 0.774. The van der Waals surface area contributed by atoms with Crippen molar-refractivity contribution >= 4 is 5.91 Å². The maximum Gasteiger partial charge on any atom is 0.254 e. The van der Waals surface area contributed by atoms with Gasteiger partial charge in [0.15, 0.2) is 0 Å². The van der Waals surface area contributed by atoms with Gasteiger partial charge in [0.1, 0.15) is 11.4 Å². The molecule has 15 heavy (non-hydrogen) atoms. The van der Waals surface area contributed by atoms with Crippen molar-refractivity contribution in [3.05, 3.63) is 18.2 Å². The Hall–Kier alpha value is -1.36. The van der Waals surface area contributed by atoms with Crippen molar-refractivity contribution in [2.75, 3.05) is 7.05 Å². The molecular formula is C10H17N3O2. The second kappa shape index (κ2) is 4.02. The van der Waals surface area contributed by atoms with Gasteiger partial charge in [-0.1, -0.05) is 0 Å². The van der Waals surface area contributed by atoms with E-state index in [9.17, 15) is 9.90 Å². The summed E-state index contributed by atoms with van der Waals surface area (Å²) in [4.78, 5) is 17.2. The normalized spacial score (nSPS) is 11.5. The number of aliphatic hydroxyl groups is 1. The summed E-state index contributed by atoms with van der Waals surface area (Å²) in [5.74, 6) is 0.473. The number of rotatable bonds is 3. The van der Waals surface area contributed by atoms with Gasteiger partial charge in [-0.2, -0.15) is 0 Å². The van der Waals surface area contributed by atoms with Crippen LogP contribution in [0, 0.1) is 0 Å². The van der Waals surface area contributed by atoms with E-state index in [-0.39, 0.29) is 5.91 Å². The molecule has 0 spiro atoms. The molecule has 0 aliphatic carbocycles. The largest absolute Gasteiger partial charge is 0.381 e. The number of aryl methyl sites for hydroxylation is 1. The van der Waals surface area contributed by atoms with Crippen LogP contribution < -0.4 is 0 Å². The van der Waals surface area contributed by atoms with Gasteiger partial charge in [-0.15, -0.1) is 0 Å². The first-order chi connectivity index (χ1) is 6.82. The van der Waals surface area contributed by atoms with E-state index in [2.05, 4.69) is 4.98 Å². The minimum Gasteiger partial charge on any atom is -0.381 e. The first-order valence-corrected chi connectivity index (χ1v) is 4.76. The molecule has 0 atom stereocenters. The number of carbonyl (C=O) groups excluding carboxylic acids is 1. The van der Waals surface area contributed by atoms with Crippen LogP contribution in [0.4, 0.5) is 0 Å². The predicted molar refractivity (Wildman–Crippen MR) is 56.0 cm³/mol. The van der Waals surface area contributed by atoms with Crippen LogP contribution in [0.15, 0.2) is 12.4 Å². The molecule has 1 N–H and O–H groups in total. The van der Waals surface area contributed by atoms with Crippen LogP contribution in [0.2, 0.25) is 0 Å². The molecule has 1 amide bonds. The fourth-order valence-corrected chi connectivity index (χ4v) is 1.30. The standard InChI is InChI=1S/C10H17N3O2/c1-10(2,15)9(14)13(4)7-8-11-5-6-12(8)3/h5-6,15H,7H2,1-4H3. The fraction of sp³-hybridized carbons (Fsp3) is 0.600. The van der Waals surface area contributed by atoms with E-state index < -0.39 is 5.60 Å². The van der Waals surface area contributed by atoms with E-state index in [0.29, 0.717) is 6.54 Å². The van der Waals surface area contributed by atoms with Gasteiger partial charge in [0.2, 0.25) is 0 Å². The molecule has 1 rings (SSSR count). The van der Waals surface area contributed by atoms with Crippen LogP contribution in [-0.4, -0.2) is 38.1 Å². The van der Waals surface area contributed by atoms with Gasteiger partial charge in [-0.3, -0.25) is 4.79 Å². The number of nitrogens with zero attached hydrogens (tertiary/aromatic N) is 3. The average Bonchev–Trinajstić information content (AvgIpc) is 2.49. The van der Waals surface area contributed by atoms with Crippen LogP contribution in [-0.2, 0) is 18.4 Å². The number of carbonyl (C=O) groups is 1. The van der Waals surface area contributed by atoms with Gasteiger partial charge >= 0.3 is 0 Å². The zero-order chi connectivity index (χ0) is 11.6. The van der Waals surface area contributed by atoms with Gasteiger partial charge < -0.3 is 14.6 Å². The Labute approximate surface area is 89.3 Å². The molecular weight excluding hydrogens is 194 g/mol. The Bertz CT molecular complexity index is 352. The van der Waals surface area contributed by atoms with Crippen LogP contribution >= 0.6 is 0 Å². The van der Waals surface area contributed by atoms with E-state index in [1.807, 2.05) is 17.8 Å². The third-order valence-electron chi connectivity index (χ3n) is 2.17. The number of hydrogen-bond donors (Lipinski definition) is 1. The molecule has 1 aromatic rings. The lowest BCUT2D eigenvalue weighted by molar-refractivity contribution is -0.147. The number of imidazole rings is 1. The van der Waals surface area contributed by atoms with Crippen molar-refractivity contribution < 1.29 is 9.90 Å². The van der Waals surface area contributed by atoms with Crippen LogP contribution in [0.25, 0.3) is 0 Å². The molecule has 5 nitrogen and oxygen atoms in total. The Morgan fingerprint density at radius 3 is 2.67 bits per heavy atom. The molecule has 1 aromatic heterocycles. The molecule has 0 saturated carbocycles. The molecule has 0 unspecified atom stereocenters. The van der Waals surface area contributed by atoms with Gasteiger partial charge in [0.05, 0.1) is 6.54 Å². The molecule has 0 bridgehead atoms. The molecule has 5 heteroatoms. The van der Waals surface area contributed by atoms with Crippen molar-refractivity contribution in [2.24, 2.45) is 7.05 Å². The summed E-state index contributed by atoms with van der Waals surface area (Å²) in [6, 6.07) is 0. The monoisotopic (exact) mass is 211 g/mol. The summed E-state index contributed by atoms with van der Waals surface area (Å²) in [5.41, 5.74) is -1.33. The smallest absolute Gasteiger partial charge is 0.254 e. The molecule has 0 radical (unpaired) electrons. The first-order valence-electron chi connectivity index (χ1n) is 4.76. The molecule has 1 heterocycles. The lowest BCUT2D eigenvalue weighted by Crippen LogP contribution is -2.43. The molecule has 84 valence electrons. The zero-order valence-electron chi connectivity index (χ0n) is 9.56. The van der Waals surface area contributed by atoms with Crippen LogP contribution in [0.1, 0.15) is 19.7 Å². The van der Waals surface area contributed by atoms with Gasteiger partial charge in [-0.05, 0) is 13.8 Å². The van der Waals surface area contributed by atoms with Gasteiger partial charge in [0.25, 0.3) is 5.91 Å². The lowest BCUT2D eigenvalue weighted by atomic mass is 10.1. The topological polar surface area (TPSA) is 58.4 Å². The highest BCUT2D eigenvalue weighted by atomic mass is 16.3. The molecule has 0 fully saturated rings. The van der Waals surface area contributed by atoms with Crippen molar-refractivity contribution in [1.82, 2.24) is 14.5 Å². The summed E-state index contributed by atoms with van der Waals surface area (Å²) in [6.45, 7) is 3.35. The SMILES string of the molecule is CN(Cc1nccn1C)C(=O)C(C)(C)O. The van der Waals surface area contributed by atoms with Gasteiger partial charge in [-0.25, -0.2) is 4.98 Å². The second-order valence-electron chi connectivity index (χ2n) is 4.17. The highest BCUT2D eigenvalue weighted by molar-refractivity contribution is 5.83. The summed E-state index contributed by atoms with van der Waals surface area (Å²) in [6.07, 6.45) is 3.50. The Balaban J connectivity index is 2.68. The maximum atomic E-state index is 11.6. The maximum absolute atomic E-state index is 11.6. The van der Waals surface area contributed by atoms with E-state index >= 15 is 0 Å². The highest BCUT2D eigenvalue weighted by Gasteiger charge is 2.27. The average molecular weight is 211 g/mol. The molecule has 0 aliphatic rings. The Kier molecular flexibility index (Phi) is 3.14. The van der Waals surface area contributed by atoms with E-state index in [0.717, 1.165) is 5.82 Å². The first kappa shape index (κ1) is 11.7. The van der Waals surface area contributed by atoms with Crippen molar-refractivity contribution in [3.63, 3.8) is 0 Å². The summed E-state index contributed by atoms with van der Waals surface area (Å²) in [7, 11) is 3.51. The summed E-state index contributed by atoms with van der Waals surface area (Å²) >= 11 is 0. The molecule has 0 aromatic carbocycles. The van der Waals surface area contributed by atoms with E-state index in [1.54, 1.807) is 13.2 Å². The third kappa shape index (κ3) is 2.79. The summed E-state index contributed by atoms with van der Waals surface area (Å²) < 4.78 is 1.84. The number of aromatic nitrogens is 2. The lowest BCUT2D eigenvalue weighted by Gasteiger charge is -2.24. The third-order valence-corrected chi connectivity index (χ3v) is 2.17. The zero-order valence-corrected chi connectivity index (χ0v) is 9.56. The highest BCUT2D eigenvalue weighted by Crippen LogP contribution is 2.08. The number of likely N-dealkylation sites (N-methyl/N-ethyl adjacent to an activating group) is 1. The van der Waals surface area contributed by atoms with E-state index in [1.165, 1.54) is 18.7 Å². The fourth-order valence-electron chi connectivity index (χ4n) is 1.30. The van der Waals surface area contributed by atoms with Gasteiger partial charge in [0, 0.05) is 26.5 Å². The Morgan fingerprint density at radius 2 is 2.27 bits per heavy atom. The number of amides is 1. The second-order valence-corrected chi connectivity index (χ2v) is 4.17. The Morgan fingerprint density at radius 1 is 1.67 bits per heavy atom.